The first-order valence-electron chi connectivity index (χ1n) is 12.6. The number of rotatable bonds is 13. The van der Waals surface area contributed by atoms with Gasteiger partial charge in [-0.25, -0.2) is 4.79 Å². The standard InChI is InChI=1S/C28H36N4O5/c1-4-15-32(28(35)30-18-27(34)37-5-2)20-26(33)31(19-21-10-12-23(36-3)13-11-21)16-14-22-17-29-25-9-7-6-8-24(22)25/h6-13,17,29H,4-5,14-16,18-20H2,1-3H3,(H,30,35). The minimum absolute atomic E-state index is 0.0907. The molecule has 0 atom stereocenters. The van der Waals surface area contributed by atoms with Crippen LogP contribution in [-0.4, -0.2) is 72.6 Å². The van der Waals surface area contributed by atoms with Crippen LogP contribution in [0.25, 0.3) is 10.9 Å². The second-order valence-corrected chi connectivity index (χ2v) is 8.66. The molecular weight excluding hydrogens is 472 g/mol. The number of nitrogens with zero attached hydrogens (tertiary/aromatic N) is 2. The van der Waals surface area contributed by atoms with Crippen molar-refractivity contribution >= 4 is 28.8 Å². The molecule has 198 valence electrons. The lowest BCUT2D eigenvalue weighted by molar-refractivity contribution is -0.141. The van der Waals surface area contributed by atoms with Gasteiger partial charge in [-0.1, -0.05) is 37.3 Å². The molecule has 0 unspecified atom stereocenters. The fourth-order valence-corrected chi connectivity index (χ4v) is 4.09. The zero-order chi connectivity index (χ0) is 26.6. The van der Waals surface area contributed by atoms with E-state index in [4.69, 9.17) is 9.47 Å². The number of carbonyl (C=O) groups excluding carboxylic acids is 3. The molecule has 1 aromatic heterocycles. The summed E-state index contributed by atoms with van der Waals surface area (Å²) >= 11 is 0. The zero-order valence-corrected chi connectivity index (χ0v) is 21.8. The third-order valence-corrected chi connectivity index (χ3v) is 6.01. The van der Waals surface area contributed by atoms with Gasteiger partial charge in [0.2, 0.25) is 5.91 Å². The van der Waals surface area contributed by atoms with Crippen LogP contribution in [0.1, 0.15) is 31.4 Å². The molecule has 3 amide bonds. The lowest BCUT2D eigenvalue weighted by Crippen LogP contribution is -2.48. The highest BCUT2D eigenvalue weighted by Gasteiger charge is 2.22. The van der Waals surface area contributed by atoms with E-state index in [0.717, 1.165) is 27.8 Å². The van der Waals surface area contributed by atoms with E-state index in [9.17, 15) is 14.4 Å². The Hall–Kier alpha value is -4.01. The number of methoxy groups -OCH3 is 1. The number of hydrogen-bond donors (Lipinski definition) is 2. The number of fused-ring (bicyclic) bond motifs is 1. The molecule has 0 radical (unpaired) electrons. The van der Waals surface area contributed by atoms with Crippen molar-refractivity contribution in [3.8, 4) is 5.75 Å². The van der Waals surface area contributed by atoms with Gasteiger partial charge < -0.3 is 29.6 Å². The molecule has 37 heavy (non-hydrogen) atoms. The summed E-state index contributed by atoms with van der Waals surface area (Å²) in [5.41, 5.74) is 3.14. The lowest BCUT2D eigenvalue weighted by atomic mass is 10.1. The van der Waals surface area contributed by atoms with Crippen molar-refractivity contribution in [1.29, 1.82) is 0 Å². The fraction of sp³-hybridized carbons (Fsp3) is 0.393. The van der Waals surface area contributed by atoms with Crippen molar-refractivity contribution in [3.63, 3.8) is 0 Å². The smallest absolute Gasteiger partial charge is 0.325 e. The van der Waals surface area contributed by atoms with E-state index >= 15 is 0 Å². The van der Waals surface area contributed by atoms with E-state index in [-0.39, 0.29) is 25.6 Å². The van der Waals surface area contributed by atoms with Crippen LogP contribution in [-0.2, 0) is 27.3 Å². The number of aromatic amines is 1. The Bertz CT molecular complexity index is 1170. The maximum Gasteiger partial charge on any atom is 0.325 e. The van der Waals surface area contributed by atoms with E-state index in [2.05, 4.69) is 16.4 Å². The van der Waals surface area contributed by atoms with E-state index in [1.165, 1.54) is 4.90 Å². The van der Waals surface area contributed by atoms with Crippen LogP contribution in [0.4, 0.5) is 4.79 Å². The van der Waals surface area contributed by atoms with Crippen LogP contribution in [0.2, 0.25) is 0 Å². The number of urea groups is 1. The van der Waals surface area contributed by atoms with Gasteiger partial charge >= 0.3 is 12.0 Å². The summed E-state index contributed by atoms with van der Waals surface area (Å²) in [6, 6.07) is 15.2. The number of ether oxygens (including phenoxy) is 2. The molecule has 3 aromatic rings. The minimum atomic E-state index is -0.515. The Morgan fingerprint density at radius 1 is 0.973 bits per heavy atom. The number of carbonyl (C=O) groups is 3. The van der Waals surface area contributed by atoms with Gasteiger partial charge in [0.1, 0.15) is 18.8 Å². The van der Waals surface area contributed by atoms with Crippen LogP contribution in [0.5, 0.6) is 5.75 Å². The third-order valence-electron chi connectivity index (χ3n) is 6.01. The monoisotopic (exact) mass is 508 g/mol. The second-order valence-electron chi connectivity index (χ2n) is 8.66. The van der Waals surface area contributed by atoms with Gasteiger partial charge in [-0.2, -0.15) is 0 Å². The highest BCUT2D eigenvalue weighted by atomic mass is 16.5. The first-order chi connectivity index (χ1) is 17.9. The van der Waals surface area contributed by atoms with Crippen molar-refractivity contribution < 1.29 is 23.9 Å². The first kappa shape index (κ1) is 27.6. The van der Waals surface area contributed by atoms with Gasteiger partial charge in [0, 0.05) is 36.7 Å². The van der Waals surface area contributed by atoms with Crippen molar-refractivity contribution in [1.82, 2.24) is 20.1 Å². The summed E-state index contributed by atoms with van der Waals surface area (Å²) in [5.74, 6) is 0.0571. The van der Waals surface area contributed by atoms with Gasteiger partial charge in [-0.15, -0.1) is 0 Å². The van der Waals surface area contributed by atoms with Crippen LogP contribution in [0.3, 0.4) is 0 Å². The highest BCUT2D eigenvalue weighted by molar-refractivity contribution is 5.86. The highest BCUT2D eigenvalue weighted by Crippen LogP contribution is 2.19. The van der Waals surface area contributed by atoms with Crippen LogP contribution >= 0.6 is 0 Å². The largest absolute Gasteiger partial charge is 0.497 e. The molecule has 0 aliphatic rings. The van der Waals surface area contributed by atoms with Crippen LogP contribution < -0.4 is 10.1 Å². The number of hydrogen-bond acceptors (Lipinski definition) is 5. The number of amides is 3. The molecule has 2 N–H and O–H groups in total. The summed E-state index contributed by atoms with van der Waals surface area (Å²) in [7, 11) is 1.61. The topological polar surface area (TPSA) is 104 Å². The predicted octanol–water partition coefficient (Wildman–Crippen LogP) is 3.73. The Balaban J connectivity index is 1.73. The molecule has 1 heterocycles. The Labute approximate surface area is 217 Å². The second kappa shape index (κ2) is 13.9. The molecule has 0 bridgehead atoms. The summed E-state index contributed by atoms with van der Waals surface area (Å²) in [4.78, 5) is 44.4. The molecule has 0 saturated heterocycles. The molecule has 0 fully saturated rings. The summed E-state index contributed by atoms with van der Waals surface area (Å²) in [5, 5.41) is 3.69. The van der Waals surface area contributed by atoms with E-state index < -0.39 is 12.0 Å². The molecule has 3 rings (SSSR count). The Morgan fingerprint density at radius 2 is 1.73 bits per heavy atom. The van der Waals surface area contributed by atoms with Crippen molar-refractivity contribution in [2.45, 2.75) is 33.2 Å². The Kier molecular flexibility index (Phi) is 10.4. The average Bonchev–Trinajstić information content (AvgIpc) is 3.33. The lowest BCUT2D eigenvalue weighted by Gasteiger charge is -2.28. The summed E-state index contributed by atoms with van der Waals surface area (Å²) < 4.78 is 10.1. The molecule has 2 aromatic carbocycles. The SMILES string of the molecule is CCCN(CC(=O)N(CCc1c[nH]c2ccccc12)Cc1ccc(OC)cc1)C(=O)NCC(=O)OCC. The van der Waals surface area contributed by atoms with Gasteiger partial charge in [0.15, 0.2) is 0 Å². The maximum atomic E-state index is 13.5. The molecule has 0 aliphatic carbocycles. The molecule has 0 aliphatic heterocycles. The van der Waals surface area contributed by atoms with E-state index in [0.29, 0.717) is 32.5 Å². The number of aromatic nitrogens is 1. The summed E-state index contributed by atoms with van der Waals surface area (Å²) in [6.07, 6.45) is 3.32. The molecule has 9 heteroatoms. The fourth-order valence-electron chi connectivity index (χ4n) is 4.09. The van der Waals surface area contributed by atoms with Crippen LogP contribution in [0, 0.1) is 0 Å². The zero-order valence-electron chi connectivity index (χ0n) is 21.8. The number of H-pyrrole nitrogens is 1. The molecule has 0 saturated carbocycles. The minimum Gasteiger partial charge on any atom is -0.497 e. The van der Waals surface area contributed by atoms with Crippen molar-refractivity contribution in [2.75, 3.05) is 39.9 Å². The molecule has 0 spiro atoms. The van der Waals surface area contributed by atoms with E-state index in [1.807, 2.05) is 55.6 Å². The molecule has 9 nitrogen and oxygen atoms in total. The Morgan fingerprint density at radius 3 is 2.43 bits per heavy atom. The molecular formula is C28H36N4O5. The average molecular weight is 509 g/mol. The van der Waals surface area contributed by atoms with E-state index in [1.54, 1.807) is 18.9 Å². The van der Waals surface area contributed by atoms with Crippen LogP contribution in [0.15, 0.2) is 54.7 Å². The predicted molar refractivity (Wildman–Crippen MR) is 142 cm³/mol. The summed E-state index contributed by atoms with van der Waals surface area (Å²) in [6.45, 7) is 4.82. The number of nitrogens with one attached hydrogen (secondary N) is 2. The first-order valence-corrected chi connectivity index (χ1v) is 12.6. The number of para-hydroxylation sites is 1. The number of benzene rings is 2. The van der Waals surface area contributed by atoms with Gasteiger partial charge in [0.05, 0.1) is 13.7 Å². The van der Waals surface area contributed by atoms with Gasteiger partial charge in [-0.3, -0.25) is 9.59 Å². The third kappa shape index (κ3) is 7.99. The quantitative estimate of drug-likeness (QED) is 0.343. The maximum absolute atomic E-state index is 13.5. The number of esters is 1. The van der Waals surface area contributed by atoms with Crippen molar-refractivity contribution in [3.05, 3.63) is 65.9 Å². The van der Waals surface area contributed by atoms with Gasteiger partial charge in [0.25, 0.3) is 0 Å². The van der Waals surface area contributed by atoms with Crippen molar-refractivity contribution in [2.24, 2.45) is 0 Å². The normalized spacial score (nSPS) is 10.7. The van der Waals surface area contributed by atoms with Gasteiger partial charge in [-0.05, 0) is 49.1 Å².